The molecule has 0 bridgehead atoms. The van der Waals surface area contributed by atoms with Crippen LogP contribution in [0.5, 0.6) is 0 Å². The van der Waals surface area contributed by atoms with Crippen molar-refractivity contribution in [2.24, 2.45) is 5.92 Å². The normalized spacial score (nSPS) is 22.4. The minimum atomic E-state index is -4.48. The number of halogens is 3. The van der Waals surface area contributed by atoms with E-state index in [4.69, 9.17) is 0 Å². The van der Waals surface area contributed by atoms with Crippen LogP contribution >= 0.6 is 0 Å². The number of hydrogen-bond acceptors (Lipinski definition) is 4. The first-order valence-corrected chi connectivity index (χ1v) is 7.39. The highest BCUT2D eigenvalue weighted by Gasteiger charge is 2.36. The van der Waals surface area contributed by atoms with Gasteiger partial charge in [0.15, 0.2) is 0 Å². The van der Waals surface area contributed by atoms with Gasteiger partial charge in [0.25, 0.3) is 0 Å². The number of amides is 1. The van der Waals surface area contributed by atoms with Gasteiger partial charge in [-0.25, -0.2) is 9.97 Å². The van der Waals surface area contributed by atoms with Gasteiger partial charge in [0.05, 0.1) is 5.92 Å². The SMILES string of the molecule is O=C(C1CCN(c2nccc(C(F)(F)F)n2)C1)N1CCCC1. The Bertz CT molecular complexity index is 557. The summed E-state index contributed by atoms with van der Waals surface area (Å²) in [5, 5.41) is 0. The van der Waals surface area contributed by atoms with Gasteiger partial charge in [0.1, 0.15) is 5.69 Å². The number of carbonyl (C=O) groups is 1. The van der Waals surface area contributed by atoms with Gasteiger partial charge in [-0.1, -0.05) is 0 Å². The molecule has 3 rings (SSSR count). The molecular weight excluding hydrogens is 297 g/mol. The van der Waals surface area contributed by atoms with Crippen LogP contribution in [0.25, 0.3) is 0 Å². The molecule has 120 valence electrons. The number of hydrogen-bond donors (Lipinski definition) is 0. The van der Waals surface area contributed by atoms with Crippen LogP contribution in [0, 0.1) is 5.92 Å². The van der Waals surface area contributed by atoms with Crippen LogP contribution in [0.4, 0.5) is 19.1 Å². The third-order valence-electron chi connectivity index (χ3n) is 4.17. The minimum Gasteiger partial charge on any atom is -0.342 e. The number of rotatable bonds is 2. The Labute approximate surface area is 126 Å². The molecule has 0 saturated carbocycles. The fourth-order valence-electron chi connectivity index (χ4n) is 3.00. The van der Waals surface area contributed by atoms with Crippen molar-refractivity contribution in [3.8, 4) is 0 Å². The third kappa shape index (κ3) is 3.00. The standard InChI is InChI=1S/C14H17F3N4O/c15-14(16,17)11-3-5-18-13(19-11)21-8-4-10(9-21)12(22)20-6-1-2-7-20/h3,5,10H,1-2,4,6-9H2. The monoisotopic (exact) mass is 314 g/mol. The van der Waals surface area contributed by atoms with Gasteiger partial charge in [0, 0.05) is 32.4 Å². The lowest BCUT2D eigenvalue weighted by Crippen LogP contribution is -2.35. The Kier molecular flexibility index (Phi) is 3.92. The lowest BCUT2D eigenvalue weighted by Gasteiger charge is -2.21. The van der Waals surface area contributed by atoms with Crippen molar-refractivity contribution < 1.29 is 18.0 Å². The lowest BCUT2D eigenvalue weighted by molar-refractivity contribution is -0.141. The zero-order valence-corrected chi connectivity index (χ0v) is 12.0. The topological polar surface area (TPSA) is 49.3 Å². The van der Waals surface area contributed by atoms with Gasteiger partial charge in [0.2, 0.25) is 11.9 Å². The van der Waals surface area contributed by atoms with Crippen LogP contribution in [0.3, 0.4) is 0 Å². The number of aromatic nitrogens is 2. The van der Waals surface area contributed by atoms with Crippen LogP contribution < -0.4 is 4.90 Å². The summed E-state index contributed by atoms with van der Waals surface area (Å²) in [7, 11) is 0. The van der Waals surface area contributed by atoms with Crippen LogP contribution in [0.15, 0.2) is 12.3 Å². The first kappa shape index (κ1) is 15.1. The van der Waals surface area contributed by atoms with E-state index in [1.54, 1.807) is 4.90 Å². The average Bonchev–Trinajstić information content (AvgIpc) is 3.17. The smallest absolute Gasteiger partial charge is 0.342 e. The molecule has 0 aliphatic carbocycles. The molecule has 2 saturated heterocycles. The Morgan fingerprint density at radius 1 is 1.23 bits per heavy atom. The van der Waals surface area contributed by atoms with E-state index in [1.165, 1.54) is 0 Å². The van der Waals surface area contributed by atoms with Crippen molar-refractivity contribution >= 4 is 11.9 Å². The van der Waals surface area contributed by atoms with E-state index in [0.29, 0.717) is 19.5 Å². The van der Waals surface area contributed by atoms with Gasteiger partial charge < -0.3 is 9.80 Å². The average molecular weight is 314 g/mol. The summed E-state index contributed by atoms with van der Waals surface area (Å²) in [6, 6.07) is 0.854. The van der Waals surface area contributed by atoms with E-state index in [-0.39, 0.29) is 17.8 Å². The molecule has 1 amide bonds. The number of anilines is 1. The van der Waals surface area contributed by atoms with E-state index < -0.39 is 11.9 Å². The molecule has 22 heavy (non-hydrogen) atoms. The molecule has 0 aromatic carbocycles. The fourth-order valence-corrected chi connectivity index (χ4v) is 3.00. The Balaban J connectivity index is 1.68. The summed E-state index contributed by atoms with van der Waals surface area (Å²) in [5.74, 6) is -0.0187. The fraction of sp³-hybridized carbons (Fsp3) is 0.643. The lowest BCUT2D eigenvalue weighted by atomic mass is 10.1. The molecule has 1 unspecified atom stereocenters. The van der Waals surface area contributed by atoms with Crippen LogP contribution in [0.1, 0.15) is 25.0 Å². The molecule has 1 aromatic heterocycles. The number of carbonyl (C=O) groups excluding carboxylic acids is 1. The molecule has 0 radical (unpaired) electrons. The van der Waals surface area contributed by atoms with Crippen molar-refractivity contribution in [1.82, 2.24) is 14.9 Å². The van der Waals surface area contributed by atoms with E-state index in [0.717, 1.165) is 38.2 Å². The highest BCUT2D eigenvalue weighted by molar-refractivity contribution is 5.80. The number of alkyl halides is 3. The predicted molar refractivity (Wildman–Crippen MR) is 73.2 cm³/mol. The van der Waals surface area contributed by atoms with Crippen LogP contribution in [-0.4, -0.2) is 47.0 Å². The number of nitrogens with zero attached hydrogens (tertiary/aromatic N) is 4. The maximum absolute atomic E-state index is 12.7. The molecule has 2 aliphatic heterocycles. The zero-order valence-electron chi connectivity index (χ0n) is 12.0. The van der Waals surface area contributed by atoms with Crippen molar-refractivity contribution in [2.45, 2.75) is 25.4 Å². The van der Waals surface area contributed by atoms with Gasteiger partial charge in [-0.05, 0) is 25.3 Å². The molecule has 2 fully saturated rings. The third-order valence-corrected chi connectivity index (χ3v) is 4.17. The van der Waals surface area contributed by atoms with Crippen LogP contribution in [0.2, 0.25) is 0 Å². The maximum atomic E-state index is 12.7. The summed E-state index contributed by atoms with van der Waals surface area (Å²) in [5.41, 5.74) is -0.952. The largest absolute Gasteiger partial charge is 0.433 e. The summed E-state index contributed by atoms with van der Waals surface area (Å²) in [6.45, 7) is 2.47. The summed E-state index contributed by atoms with van der Waals surface area (Å²) in [4.78, 5) is 23.3. The molecule has 0 N–H and O–H groups in total. The first-order chi connectivity index (χ1) is 10.4. The Hall–Kier alpha value is -1.86. The molecule has 2 aliphatic rings. The van der Waals surface area contributed by atoms with E-state index in [2.05, 4.69) is 9.97 Å². The molecular formula is C14H17F3N4O. The van der Waals surface area contributed by atoms with E-state index in [9.17, 15) is 18.0 Å². The maximum Gasteiger partial charge on any atom is 0.433 e. The van der Waals surface area contributed by atoms with Gasteiger partial charge >= 0.3 is 6.18 Å². The molecule has 0 spiro atoms. The quantitative estimate of drug-likeness (QED) is 0.837. The van der Waals surface area contributed by atoms with Crippen molar-refractivity contribution in [2.75, 3.05) is 31.1 Å². The second-order valence-corrected chi connectivity index (χ2v) is 5.70. The van der Waals surface area contributed by atoms with Gasteiger partial charge in [-0.3, -0.25) is 4.79 Å². The second-order valence-electron chi connectivity index (χ2n) is 5.70. The van der Waals surface area contributed by atoms with Crippen molar-refractivity contribution in [1.29, 1.82) is 0 Å². The zero-order chi connectivity index (χ0) is 15.7. The molecule has 8 heteroatoms. The molecule has 5 nitrogen and oxygen atoms in total. The molecule has 1 atom stereocenters. The summed E-state index contributed by atoms with van der Waals surface area (Å²) < 4.78 is 38.1. The highest BCUT2D eigenvalue weighted by atomic mass is 19.4. The van der Waals surface area contributed by atoms with E-state index in [1.807, 2.05) is 4.90 Å². The van der Waals surface area contributed by atoms with E-state index >= 15 is 0 Å². The Morgan fingerprint density at radius 3 is 2.64 bits per heavy atom. The van der Waals surface area contributed by atoms with Crippen molar-refractivity contribution in [3.63, 3.8) is 0 Å². The second kappa shape index (κ2) is 5.73. The minimum absolute atomic E-state index is 0.0477. The van der Waals surface area contributed by atoms with Crippen LogP contribution in [-0.2, 0) is 11.0 Å². The molecule has 3 heterocycles. The number of likely N-dealkylation sites (tertiary alicyclic amines) is 1. The van der Waals surface area contributed by atoms with Gasteiger partial charge in [-0.2, -0.15) is 13.2 Å². The summed E-state index contributed by atoms with van der Waals surface area (Å²) >= 11 is 0. The summed E-state index contributed by atoms with van der Waals surface area (Å²) in [6.07, 6.45) is -0.685. The molecule has 1 aromatic rings. The highest BCUT2D eigenvalue weighted by Crippen LogP contribution is 2.29. The predicted octanol–water partition coefficient (Wildman–Crippen LogP) is 1.94. The first-order valence-electron chi connectivity index (χ1n) is 7.39. The van der Waals surface area contributed by atoms with Crippen molar-refractivity contribution in [3.05, 3.63) is 18.0 Å². The Morgan fingerprint density at radius 2 is 1.95 bits per heavy atom. The van der Waals surface area contributed by atoms with Gasteiger partial charge in [-0.15, -0.1) is 0 Å².